The Labute approximate surface area is 105 Å². The van der Waals surface area contributed by atoms with E-state index in [1.165, 1.54) is 19.2 Å². The van der Waals surface area contributed by atoms with Crippen LogP contribution in [0.5, 0.6) is 5.75 Å². The number of halogens is 2. The number of nitrogens with one attached hydrogen (secondary N) is 1. The number of benzene rings is 1. The molecule has 94 valence electrons. The van der Waals surface area contributed by atoms with Crippen LogP contribution < -0.4 is 15.8 Å². The number of amides is 1. The molecular formula is C11H14ClFN2O2. The van der Waals surface area contributed by atoms with Gasteiger partial charge in [0, 0.05) is 24.2 Å². The van der Waals surface area contributed by atoms with Crippen molar-refractivity contribution in [1.82, 2.24) is 5.32 Å². The molecule has 2 rings (SSSR count). The first-order valence-corrected chi connectivity index (χ1v) is 5.05. The molecule has 0 radical (unpaired) electrons. The lowest BCUT2D eigenvalue weighted by atomic mass is 9.97. The Kier molecular flexibility index (Phi) is 4.31. The standard InChI is InChI=1S/C11H13FN2O2.ClH/c1-14-11(15)7-2-3-9(12)10-8(7)4-6(13)5-16-10;/h2-3,6H,4-5,13H2,1H3,(H,14,15);1H. The molecule has 1 atom stereocenters. The smallest absolute Gasteiger partial charge is 0.251 e. The van der Waals surface area contributed by atoms with E-state index in [-0.39, 0.29) is 36.7 Å². The van der Waals surface area contributed by atoms with Crippen molar-refractivity contribution < 1.29 is 13.9 Å². The summed E-state index contributed by atoms with van der Waals surface area (Å²) < 4.78 is 18.7. The van der Waals surface area contributed by atoms with Crippen molar-refractivity contribution in [3.63, 3.8) is 0 Å². The monoisotopic (exact) mass is 260 g/mol. The topological polar surface area (TPSA) is 64.4 Å². The van der Waals surface area contributed by atoms with Gasteiger partial charge in [-0.15, -0.1) is 12.4 Å². The van der Waals surface area contributed by atoms with Crippen LogP contribution in [0, 0.1) is 5.82 Å². The van der Waals surface area contributed by atoms with Crippen LogP contribution in [0.2, 0.25) is 0 Å². The molecule has 0 aliphatic carbocycles. The van der Waals surface area contributed by atoms with E-state index >= 15 is 0 Å². The molecule has 1 aromatic rings. The first kappa shape index (κ1) is 13.7. The van der Waals surface area contributed by atoms with Gasteiger partial charge in [0.05, 0.1) is 0 Å². The van der Waals surface area contributed by atoms with Crippen molar-refractivity contribution in [3.8, 4) is 5.75 Å². The van der Waals surface area contributed by atoms with E-state index in [4.69, 9.17) is 10.5 Å². The molecule has 0 bridgehead atoms. The van der Waals surface area contributed by atoms with Gasteiger partial charge >= 0.3 is 0 Å². The van der Waals surface area contributed by atoms with Gasteiger partial charge in [-0.25, -0.2) is 4.39 Å². The van der Waals surface area contributed by atoms with Crippen molar-refractivity contribution in [1.29, 1.82) is 0 Å². The first-order valence-electron chi connectivity index (χ1n) is 5.05. The number of nitrogens with two attached hydrogens (primary N) is 1. The number of carbonyl (C=O) groups excluding carboxylic acids is 1. The number of hydrogen-bond acceptors (Lipinski definition) is 3. The predicted molar refractivity (Wildman–Crippen MR) is 64.2 cm³/mol. The van der Waals surface area contributed by atoms with Crippen LogP contribution in [0.25, 0.3) is 0 Å². The molecule has 0 spiro atoms. The van der Waals surface area contributed by atoms with Gasteiger partial charge in [-0.05, 0) is 18.6 Å². The predicted octanol–water partition coefficient (Wildman–Crippen LogP) is 0.869. The molecular weight excluding hydrogens is 247 g/mol. The SMILES string of the molecule is CNC(=O)c1ccc(F)c2c1CC(N)CO2.Cl. The Bertz CT molecular complexity index is 440. The van der Waals surface area contributed by atoms with Gasteiger partial charge in [0.25, 0.3) is 5.91 Å². The zero-order chi connectivity index (χ0) is 11.7. The number of fused-ring (bicyclic) bond motifs is 1. The minimum absolute atomic E-state index is 0. The van der Waals surface area contributed by atoms with E-state index in [0.29, 0.717) is 17.5 Å². The van der Waals surface area contributed by atoms with Crippen LogP contribution >= 0.6 is 12.4 Å². The highest BCUT2D eigenvalue weighted by Crippen LogP contribution is 2.30. The Morgan fingerprint density at radius 3 is 2.94 bits per heavy atom. The molecule has 1 unspecified atom stereocenters. The van der Waals surface area contributed by atoms with Crippen molar-refractivity contribution in [2.75, 3.05) is 13.7 Å². The molecule has 1 aliphatic rings. The summed E-state index contributed by atoms with van der Waals surface area (Å²) in [6, 6.07) is 2.49. The second-order valence-corrected chi connectivity index (χ2v) is 3.76. The van der Waals surface area contributed by atoms with Crippen molar-refractivity contribution >= 4 is 18.3 Å². The Morgan fingerprint density at radius 2 is 2.29 bits per heavy atom. The molecule has 17 heavy (non-hydrogen) atoms. The summed E-state index contributed by atoms with van der Waals surface area (Å²) in [7, 11) is 1.53. The highest BCUT2D eigenvalue weighted by atomic mass is 35.5. The lowest BCUT2D eigenvalue weighted by Crippen LogP contribution is -2.35. The summed E-state index contributed by atoms with van der Waals surface area (Å²) in [6.07, 6.45) is 0.454. The third kappa shape index (κ3) is 2.50. The largest absolute Gasteiger partial charge is 0.489 e. The lowest BCUT2D eigenvalue weighted by Gasteiger charge is -2.24. The summed E-state index contributed by atoms with van der Waals surface area (Å²) in [4.78, 5) is 11.6. The van der Waals surface area contributed by atoms with Gasteiger partial charge in [-0.3, -0.25) is 4.79 Å². The molecule has 4 nitrogen and oxygen atoms in total. The average molecular weight is 261 g/mol. The van der Waals surface area contributed by atoms with Gasteiger partial charge in [0.15, 0.2) is 11.6 Å². The summed E-state index contributed by atoms with van der Waals surface area (Å²) in [5, 5.41) is 2.51. The van der Waals surface area contributed by atoms with Crippen LogP contribution in [0.4, 0.5) is 4.39 Å². The Morgan fingerprint density at radius 1 is 1.59 bits per heavy atom. The normalized spacial score (nSPS) is 17.5. The molecule has 1 aliphatic heterocycles. The molecule has 1 amide bonds. The van der Waals surface area contributed by atoms with E-state index in [2.05, 4.69) is 5.32 Å². The summed E-state index contributed by atoms with van der Waals surface area (Å²) in [5.74, 6) is -0.550. The van der Waals surface area contributed by atoms with Crippen LogP contribution in [0.1, 0.15) is 15.9 Å². The molecule has 6 heteroatoms. The highest BCUT2D eigenvalue weighted by Gasteiger charge is 2.25. The molecule has 0 fully saturated rings. The third-order valence-corrected chi connectivity index (χ3v) is 2.59. The minimum Gasteiger partial charge on any atom is -0.489 e. The van der Waals surface area contributed by atoms with E-state index in [9.17, 15) is 9.18 Å². The average Bonchev–Trinajstić information content (AvgIpc) is 2.28. The fourth-order valence-corrected chi connectivity index (χ4v) is 1.82. The van der Waals surface area contributed by atoms with Gasteiger partial charge in [-0.1, -0.05) is 0 Å². The molecule has 0 saturated heterocycles. The van der Waals surface area contributed by atoms with Crippen LogP contribution in [-0.2, 0) is 6.42 Å². The van der Waals surface area contributed by atoms with Crippen LogP contribution in [0.15, 0.2) is 12.1 Å². The zero-order valence-corrected chi connectivity index (χ0v) is 10.1. The summed E-state index contributed by atoms with van der Waals surface area (Å²) >= 11 is 0. The van der Waals surface area contributed by atoms with Crippen molar-refractivity contribution in [2.45, 2.75) is 12.5 Å². The fourth-order valence-electron chi connectivity index (χ4n) is 1.82. The molecule has 0 aromatic heterocycles. The first-order chi connectivity index (χ1) is 7.63. The molecule has 0 saturated carbocycles. The molecule has 1 aromatic carbocycles. The number of hydrogen-bond donors (Lipinski definition) is 2. The number of rotatable bonds is 1. The number of ether oxygens (including phenoxy) is 1. The molecule has 3 N–H and O–H groups in total. The van der Waals surface area contributed by atoms with Gasteiger partial charge in [0.2, 0.25) is 0 Å². The zero-order valence-electron chi connectivity index (χ0n) is 9.33. The third-order valence-electron chi connectivity index (χ3n) is 2.59. The second kappa shape index (κ2) is 5.33. The minimum atomic E-state index is -0.449. The highest BCUT2D eigenvalue weighted by molar-refractivity contribution is 5.96. The lowest BCUT2D eigenvalue weighted by molar-refractivity contribution is 0.0960. The van der Waals surface area contributed by atoms with Crippen molar-refractivity contribution in [2.24, 2.45) is 5.73 Å². The van der Waals surface area contributed by atoms with E-state index in [1.807, 2.05) is 0 Å². The molecule has 1 heterocycles. The number of carbonyl (C=O) groups is 1. The Balaban J connectivity index is 0.00000144. The van der Waals surface area contributed by atoms with Crippen LogP contribution in [-0.4, -0.2) is 25.6 Å². The van der Waals surface area contributed by atoms with E-state index < -0.39 is 5.82 Å². The van der Waals surface area contributed by atoms with Crippen molar-refractivity contribution in [3.05, 3.63) is 29.1 Å². The van der Waals surface area contributed by atoms with E-state index in [0.717, 1.165) is 0 Å². The van der Waals surface area contributed by atoms with Crippen LogP contribution in [0.3, 0.4) is 0 Å². The summed E-state index contributed by atoms with van der Waals surface area (Å²) in [6.45, 7) is 0.279. The van der Waals surface area contributed by atoms with E-state index in [1.54, 1.807) is 0 Å². The Hall–Kier alpha value is -1.33. The van der Waals surface area contributed by atoms with Gasteiger partial charge in [0.1, 0.15) is 6.61 Å². The maximum absolute atomic E-state index is 13.4. The maximum Gasteiger partial charge on any atom is 0.251 e. The fraction of sp³-hybridized carbons (Fsp3) is 0.364. The maximum atomic E-state index is 13.4. The van der Waals surface area contributed by atoms with Gasteiger partial charge in [-0.2, -0.15) is 0 Å². The quantitative estimate of drug-likeness (QED) is 0.788. The van der Waals surface area contributed by atoms with Gasteiger partial charge < -0.3 is 15.8 Å². The second-order valence-electron chi connectivity index (χ2n) is 3.76. The summed E-state index contributed by atoms with van der Waals surface area (Å²) in [5.41, 5.74) is 6.71.